The standard InChI is InChI=1S/C10H19ClN2/c1-8(6-12)9(2)13-5-3-4-10(11)7-13/h4,8-9H,3,5-7,12H2,1-2H3. The van der Waals surface area contributed by atoms with Crippen LogP contribution in [0.25, 0.3) is 0 Å². The van der Waals surface area contributed by atoms with Crippen LogP contribution in [0.2, 0.25) is 0 Å². The molecule has 0 radical (unpaired) electrons. The van der Waals surface area contributed by atoms with Crippen LogP contribution in [-0.4, -0.2) is 30.6 Å². The Morgan fingerprint density at radius 3 is 2.85 bits per heavy atom. The van der Waals surface area contributed by atoms with Crippen molar-refractivity contribution in [2.45, 2.75) is 26.3 Å². The van der Waals surface area contributed by atoms with E-state index in [1.54, 1.807) is 0 Å². The molecule has 1 heterocycles. The Bertz CT molecular complexity index is 191. The highest BCUT2D eigenvalue weighted by molar-refractivity contribution is 6.29. The van der Waals surface area contributed by atoms with E-state index in [2.05, 4.69) is 24.8 Å². The molecule has 0 bridgehead atoms. The van der Waals surface area contributed by atoms with Crippen LogP contribution in [-0.2, 0) is 0 Å². The van der Waals surface area contributed by atoms with Crippen molar-refractivity contribution in [2.24, 2.45) is 11.7 Å². The van der Waals surface area contributed by atoms with Gasteiger partial charge < -0.3 is 5.73 Å². The molecular formula is C10H19ClN2. The molecule has 0 aliphatic carbocycles. The van der Waals surface area contributed by atoms with Gasteiger partial charge in [-0.25, -0.2) is 0 Å². The average molecular weight is 203 g/mol. The average Bonchev–Trinajstić information content (AvgIpc) is 2.15. The second kappa shape index (κ2) is 4.99. The molecular weight excluding hydrogens is 184 g/mol. The normalized spacial score (nSPS) is 23.8. The van der Waals surface area contributed by atoms with Gasteiger partial charge in [0, 0.05) is 24.2 Å². The molecule has 0 spiro atoms. The van der Waals surface area contributed by atoms with Gasteiger partial charge in [-0.3, -0.25) is 4.90 Å². The van der Waals surface area contributed by atoms with E-state index in [0.29, 0.717) is 12.0 Å². The summed E-state index contributed by atoms with van der Waals surface area (Å²) >= 11 is 5.99. The van der Waals surface area contributed by atoms with Gasteiger partial charge in [-0.15, -0.1) is 0 Å². The van der Waals surface area contributed by atoms with Crippen LogP contribution in [0, 0.1) is 5.92 Å². The van der Waals surface area contributed by atoms with Gasteiger partial charge in [-0.2, -0.15) is 0 Å². The van der Waals surface area contributed by atoms with E-state index >= 15 is 0 Å². The largest absolute Gasteiger partial charge is 0.330 e. The Balaban J connectivity index is 2.48. The molecule has 2 nitrogen and oxygen atoms in total. The Morgan fingerprint density at radius 2 is 2.31 bits per heavy atom. The van der Waals surface area contributed by atoms with Crippen molar-refractivity contribution in [3.63, 3.8) is 0 Å². The first-order valence-corrected chi connectivity index (χ1v) is 5.31. The molecule has 0 aromatic carbocycles. The maximum absolute atomic E-state index is 5.99. The fraction of sp³-hybridized carbons (Fsp3) is 0.800. The number of nitrogens with two attached hydrogens (primary N) is 1. The Labute approximate surface area is 85.7 Å². The zero-order valence-corrected chi connectivity index (χ0v) is 9.22. The molecule has 2 N–H and O–H groups in total. The predicted octanol–water partition coefficient (Wildman–Crippen LogP) is 1.80. The van der Waals surface area contributed by atoms with Crippen LogP contribution >= 0.6 is 11.6 Å². The highest BCUT2D eigenvalue weighted by Gasteiger charge is 2.21. The van der Waals surface area contributed by atoms with Crippen LogP contribution in [0.3, 0.4) is 0 Å². The molecule has 0 saturated carbocycles. The lowest BCUT2D eigenvalue weighted by atomic mass is 10.0. The van der Waals surface area contributed by atoms with Crippen molar-refractivity contribution in [1.82, 2.24) is 4.90 Å². The second-order valence-corrected chi connectivity index (χ2v) is 4.35. The second-order valence-electron chi connectivity index (χ2n) is 3.86. The van der Waals surface area contributed by atoms with Crippen molar-refractivity contribution in [1.29, 1.82) is 0 Å². The van der Waals surface area contributed by atoms with E-state index in [1.165, 1.54) is 0 Å². The zero-order valence-electron chi connectivity index (χ0n) is 8.46. The summed E-state index contributed by atoms with van der Waals surface area (Å²) in [6.07, 6.45) is 3.18. The van der Waals surface area contributed by atoms with Crippen LogP contribution in [0.4, 0.5) is 0 Å². The van der Waals surface area contributed by atoms with Crippen molar-refractivity contribution >= 4 is 11.6 Å². The quantitative estimate of drug-likeness (QED) is 0.757. The summed E-state index contributed by atoms with van der Waals surface area (Å²) in [4.78, 5) is 2.40. The van der Waals surface area contributed by atoms with Gasteiger partial charge >= 0.3 is 0 Å². The number of rotatable bonds is 3. The molecule has 1 aliphatic heterocycles. The summed E-state index contributed by atoms with van der Waals surface area (Å²) in [5.74, 6) is 0.544. The first-order valence-electron chi connectivity index (χ1n) is 4.93. The van der Waals surface area contributed by atoms with Gasteiger partial charge in [0.15, 0.2) is 0 Å². The van der Waals surface area contributed by atoms with Crippen molar-refractivity contribution < 1.29 is 0 Å². The van der Waals surface area contributed by atoms with E-state index in [0.717, 1.165) is 31.1 Å². The Hall–Kier alpha value is -0.0500. The van der Waals surface area contributed by atoms with Gasteiger partial charge in [0.05, 0.1) is 0 Å². The first-order chi connectivity index (χ1) is 6.15. The first kappa shape index (κ1) is 11.0. The minimum Gasteiger partial charge on any atom is -0.330 e. The summed E-state index contributed by atoms with van der Waals surface area (Å²) in [5, 5.41) is 0.974. The molecule has 2 unspecified atom stereocenters. The highest BCUT2D eigenvalue weighted by Crippen LogP contribution is 2.18. The lowest BCUT2D eigenvalue weighted by Gasteiger charge is -2.34. The topological polar surface area (TPSA) is 29.3 Å². The maximum Gasteiger partial charge on any atom is 0.0341 e. The van der Waals surface area contributed by atoms with Gasteiger partial charge in [0.1, 0.15) is 0 Å². The third-order valence-electron chi connectivity index (χ3n) is 2.91. The van der Waals surface area contributed by atoms with E-state index in [9.17, 15) is 0 Å². The number of hydrogen-bond donors (Lipinski definition) is 1. The third kappa shape index (κ3) is 2.97. The van der Waals surface area contributed by atoms with Crippen LogP contribution < -0.4 is 5.73 Å². The molecule has 0 amide bonds. The fourth-order valence-electron chi connectivity index (χ4n) is 1.63. The number of halogens is 1. The lowest BCUT2D eigenvalue weighted by molar-refractivity contribution is 0.177. The van der Waals surface area contributed by atoms with Gasteiger partial charge in [0.2, 0.25) is 0 Å². The summed E-state index contributed by atoms with van der Waals surface area (Å²) in [6.45, 7) is 7.18. The minimum absolute atomic E-state index is 0.535. The van der Waals surface area contributed by atoms with Crippen molar-refractivity contribution in [3.05, 3.63) is 11.1 Å². The minimum atomic E-state index is 0.535. The van der Waals surface area contributed by atoms with Crippen LogP contribution in [0.1, 0.15) is 20.3 Å². The number of hydrogen-bond acceptors (Lipinski definition) is 2. The summed E-state index contributed by atoms with van der Waals surface area (Å²) < 4.78 is 0. The SMILES string of the molecule is CC(CN)C(C)N1CCC=C(Cl)C1. The van der Waals surface area contributed by atoms with Crippen molar-refractivity contribution in [3.8, 4) is 0 Å². The molecule has 13 heavy (non-hydrogen) atoms. The molecule has 0 saturated heterocycles. The molecule has 2 atom stereocenters. The number of nitrogens with zero attached hydrogens (tertiary/aromatic N) is 1. The van der Waals surface area contributed by atoms with E-state index in [4.69, 9.17) is 17.3 Å². The molecule has 76 valence electrons. The van der Waals surface area contributed by atoms with E-state index in [1.807, 2.05) is 0 Å². The predicted molar refractivity (Wildman–Crippen MR) is 57.8 cm³/mol. The third-order valence-corrected chi connectivity index (χ3v) is 3.18. The smallest absolute Gasteiger partial charge is 0.0341 e. The fourth-order valence-corrected chi connectivity index (χ4v) is 1.89. The van der Waals surface area contributed by atoms with Gasteiger partial charge in [-0.05, 0) is 25.8 Å². The van der Waals surface area contributed by atoms with Crippen molar-refractivity contribution in [2.75, 3.05) is 19.6 Å². The molecule has 0 aromatic heterocycles. The summed E-state index contributed by atoms with van der Waals surface area (Å²) in [6, 6.07) is 0.535. The zero-order chi connectivity index (χ0) is 9.84. The molecule has 3 heteroatoms. The lowest BCUT2D eigenvalue weighted by Crippen LogP contribution is -2.42. The van der Waals surface area contributed by atoms with E-state index in [-0.39, 0.29) is 0 Å². The summed E-state index contributed by atoms with van der Waals surface area (Å²) in [5.41, 5.74) is 5.64. The van der Waals surface area contributed by atoms with E-state index < -0.39 is 0 Å². The maximum atomic E-state index is 5.99. The van der Waals surface area contributed by atoms with Crippen LogP contribution in [0.15, 0.2) is 11.1 Å². The Kier molecular flexibility index (Phi) is 4.23. The highest BCUT2D eigenvalue weighted by atomic mass is 35.5. The summed E-state index contributed by atoms with van der Waals surface area (Å²) in [7, 11) is 0. The molecule has 0 aromatic rings. The monoisotopic (exact) mass is 202 g/mol. The molecule has 1 aliphatic rings. The van der Waals surface area contributed by atoms with Crippen LogP contribution in [0.5, 0.6) is 0 Å². The molecule has 0 fully saturated rings. The molecule has 1 rings (SSSR count). The Morgan fingerprint density at radius 1 is 1.62 bits per heavy atom. The van der Waals surface area contributed by atoms with Gasteiger partial charge in [-0.1, -0.05) is 24.6 Å². The van der Waals surface area contributed by atoms with Gasteiger partial charge in [0.25, 0.3) is 0 Å².